The predicted octanol–water partition coefficient (Wildman–Crippen LogP) is 4.24. The van der Waals surface area contributed by atoms with Crippen molar-refractivity contribution in [1.82, 2.24) is 19.8 Å². The second-order valence-corrected chi connectivity index (χ2v) is 8.38. The van der Waals surface area contributed by atoms with Crippen molar-refractivity contribution in [1.29, 1.82) is 0 Å². The first-order chi connectivity index (χ1) is 17.6. The molecule has 0 spiro atoms. The Morgan fingerprint density at radius 3 is 2.44 bits per heavy atom. The van der Waals surface area contributed by atoms with Crippen molar-refractivity contribution < 1.29 is 23.5 Å². The lowest BCUT2D eigenvalue weighted by molar-refractivity contribution is -0.126. The van der Waals surface area contributed by atoms with Crippen LogP contribution in [0.25, 0.3) is 0 Å². The van der Waals surface area contributed by atoms with Crippen LogP contribution in [0.5, 0.6) is 11.5 Å². The summed E-state index contributed by atoms with van der Waals surface area (Å²) < 4.78 is 20.1. The molecule has 0 fully saturated rings. The van der Waals surface area contributed by atoms with E-state index in [1.807, 2.05) is 31.2 Å². The maximum absolute atomic E-state index is 13.7. The zero-order valence-corrected chi connectivity index (χ0v) is 20.7. The summed E-state index contributed by atoms with van der Waals surface area (Å²) in [5, 5.41) is 8.46. The molecule has 0 radical (unpaired) electrons. The molecule has 9 nitrogen and oxygen atoms in total. The molecular formula is C26H26N4O5S. The number of benzene rings is 2. The van der Waals surface area contributed by atoms with Crippen molar-refractivity contribution in [3.05, 3.63) is 94.9 Å². The maximum atomic E-state index is 13.7. The zero-order valence-electron chi connectivity index (χ0n) is 19.9. The molecule has 1 atom stereocenters. The molecule has 186 valence electrons. The summed E-state index contributed by atoms with van der Waals surface area (Å²) in [4.78, 5) is 28.6. The molecule has 0 saturated carbocycles. The van der Waals surface area contributed by atoms with Gasteiger partial charge in [0.1, 0.15) is 23.3 Å². The monoisotopic (exact) mass is 506 g/mol. The molecule has 0 bridgehead atoms. The van der Waals surface area contributed by atoms with E-state index in [0.717, 1.165) is 22.8 Å². The average Bonchev–Trinajstić information content (AvgIpc) is 3.63. The number of carbonyl (C=O) groups excluding carboxylic acids is 2. The van der Waals surface area contributed by atoms with Crippen LogP contribution in [-0.2, 0) is 17.9 Å². The summed E-state index contributed by atoms with van der Waals surface area (Å²) in [5.74, 6) is 1.15. The van der Waals surface area contributed by atoms with Gasteiger partial charge in [0.25, 0.3) is 5.91 Å². The topological polar surface area (TPSA) is 107 Å². The molecular weight excluding hydrogens is 480 g/mol. The first-order valence-electron chi connectivity index (χ1n) is 11.3. The second kappa shape index (κ2) is 12.0. The zero-order chi connectivity index (χ0) is 25.3. The molecule has 1 N–H and O–H groups in total. The normalized spacial score (nSPS) is 11.5. The molecule has 2 aromatic carbocycles. The number of hydrogen-bond acceptors (Lipinski definition) is 8. The van der Waals surface area contributed by atoms with Crippen LogP contribution in [0.3, 0.4) is 0 Å². The van der Waals surface area contributed by atoms with Crippen LogP contribution >= 0.6 is 11.5 Å². The summed E-state index contributed by atoms with van der Waals surface area (Å²) >= 11 is 1.07. The fraction of sp³-hybridized carbons (Fsp3) is 0.231. The van der Waals surface area contributed by atoms with Gasteiger partial charge in [-0.25, -0.2) is 0 Å². The maximum Gasteiger partial charge on any atom is 0.276 e. The number of rotatable bonds is 11. The van der Waals surface area contributed by atoms with E-state index in [1.54, 1.807) is 48.9 Å². The highest BCUT2D eigenvalue weighted by atomic mass is 32.1. The summed E-state index contributed by atoms with van der Waals surface area (Å²) in [6.45, 7) is 2.76. The largest absolute Gasteiger partial charge is 0.497 e. The lowest BCUT2D eigenvalue weighted by Crippen LogP contribution is -2.43. The minimum atomic E-state index is -0.960. The molecule has 0 aliphatic carbocycles. The van der Waals surface area contributed by atoms with E-state index in [1.165, 1.54) is 11.2 Å². The van der Waals surface area contributed by atoms with Crippen LogP contribution in [0.2, 0.25) is 0 Å². The third-order valence-electron chi connectivity index (χ3n) is 5.44. The number of furan rings is 1. The number of aromatic nitrogens is 2. The Labute approximate surface area is 212 Å². The van der Waals surface area contributed by atoms with Gasteiger partial charge >= 0.3 is 0 Å². The van der Waals surface area contributed by atoms with Gasteiger partial charge in [-0.3, -0.25) is 9.59 Å². The van der Waals surface area contributed by atoms with Crippen LogP contribution in [0.1, 0.15) is 40.3 Å². The number of nitrogens with zero attached hydrogens (tertiary/aromatic N) is 3. The lowest BCUT2D eigenvalue weighted by atomic mass is 10.0. The van der Waals surface area contributed by atoms with Gasteiger partial charge < -0.3 is 24.1 Å². The minimum absolute atomic E-state index is 0.0667. The standard InChI is InChI=1S/C26H26N4O5S/c1-3-34-21-12-8-19(9-13-21)24(25(31)27-15-18-6-10-20(33-2)11-7-18)30(16-22-5-4-14-35-22)26(32)23-17-36-29-28-23/h4-14,17,24H,3,15-16H2,1-2H3,(H,27,31)/t24-/m0/s1. The Balaban J connectivity index is 1.66. The fourth-order valence-corrected chi connectivity index (χ4v) is 4.10. The number of hydrogen-bond donors (Lipinski definition) is 1. The second-order valence-electron chi connectivity index (χ2n) is 7.77. The van der Waals surface area contributed by atoms with E-state index in [9.17, 15) is 9.59 Å². The van der Waals surface area contributed by atoms with Crippen molar-refractivity contribution in [3.63, 3.8) is 0 Å². The van der Waals surface area contributed by atoms with Gasteiger partial charge in [-0.15, -0.1) is 5.10 Å². The highest BCUT2D eigenvalue weighted by Crippen LogP contribution is 2.28. The van der Waals surface area contributed by atoms with Gasteiger partial charge in [-0.2, -0.15) is 0 Å². The van der Waals surface area contributed by atoms with Gasteiger partial charge in [-0.05, 0) is 66.0 Å². The van der Waals surface area contributed by atoms with Gasteiger partial charge in [0.05, 0.1) is 26.5 Å². The quantitative estimate of drug-likeness (QED) is 0.324. The summed E-state index contributed by atoms with van der Waals surface area (Å²) in [6.07, 6.45) is 1.53. The lowest BCUT2D eigenvalue weighted by Gasteiger charge is -2.30. The molecule has 36 heavy (non-hydrogen) atoms. The highest BCUT2D eigenvalue weighted by molar-refractivity contribution is 7.03. The van der Waals surface area contributed by atoms with Gasteiger partial charge in [0.15, 0.2) is 5.69 Å². The van der Waals surface area contributed by atoms with Crippen molar-refractivity contribution in [2.24, 2.45) is 0 Å². The van der Waals surface area contributed by atoms with E-state index in [0.29, 0.717) is 23.7 Å². The van der Waals surface area contributed by atoms with Crippen molar-refractivity contribution in [2.75, 3.05) is 13.7 Å². The van der Waals surface area contributed by atoms with E-state index in [-0.39, 0.29) is 24.7 Å². The Hall–Kier alpha value is -4.18. The van der Waals surface area contributed by atoms with Crippen LogP contribution in [0.15, 0.2) is 76.7 Å². The van der Waals surface area contributed by atoms with E-state index in [2.05, 4.69) is 14.9 Å². The molecule has 2 aromatic heterocycles. The SMILES string of the molecule is CCOc1ccc([C@@H](C(=O)NCc2ccc(OC)cc2)N(Cc2ccco2)C(=O)c2csnn2)cc1. The molecule has 4 aromatic rings. The molecule has 2 heterocycles. The van der Waals surface area contributed by atoms with Crippen molar-refractivity contribution in [3.8, 4) is 11.5 Å². The Kier molecular flexibility index (Phi) is 8.30. The Morgan fingerprint density at radius 1 is 1.08 bits per heavy atom. The van der Waals surface area contributed by atoms with Crippen LogP contribution in [-0.4, -0.2) is 40.0 Å². The average molecular weight is 507 g/mol. The third-order valence-corrected chi connectivity index (χ3v) is 5.94. The minimum Gasteiger partial charge on any atom is -0.497 e. The van der Waals surface area contributed by atoms with Crippen LogP contribution in [0.4, 0.5) is 0 Å². The number of ether oxygens (including phenoxy) is 2. The number of nitrogens with one attached hydrogen (secondary N) is 1. The summed E-state index contributed by atoms with van der Waals surface area (Å²) in [7, 11) is 1.60. The molecule has 0 aliphatic rings. The summed E-state index contributed by atoms with van der Waals surface area (Å²) in [5.41, 5.74) is 1.67. The van der Waals surface area contributed by atoms with Gasteiger partial charge in [0.2, 0.25) is 5.91 Å². The van der Waals surface area contributed by atoms with E-state index >= 15 is 0 Å². The van der Waals surface area contributed by atoms with Crippen LogP contribution in [0, 0.1) is 0 Å². The Morgan fingerprint density at radius 2 is 1.83 bits per heavy atom. The van der Waals surface area contributed by atoms with Gasteiger partial charge in [-0.1, -0.05) is 28.8 Å². The van der Waals surface area contributed by atoms with E-state index in [4.69, 9.17) is 13.9 Å². The molecule has 0 aliphatic heterocycles. The fourth-order valence-electron chi connectivity index (χ4n) is 3.67. The number of amides is 2. The highest BCUT2D eigenvalue weighted by Gasteiger charge is 2.34. The van der Waals surface area contributed by atoms with Crippen LogP contribution < -0.4 is 14.8 Å². The first kappa shape index (κ1) is 24.9. The van der Waals surface area contributed by atoms with Gasteiger partial charge in [0, 0.05) is 11.9 Å². The first-order valence-corrected chi connectivity index (χ1v) is 12.2. The molecule has 2 amide bonds. The smallest absolute Gasteiger partial charge is 0.276 e. The Bertz CT molecular complexity index is 1240. The van der Waals surface area contributed by atoms with Crippen molar-refractivity contribution in [2.45, 2.75) is 26.1 Å². The van der Waals surface area contributed by atoms with E-state index < -0.39 is 11.9 Å². The molecule has 0 saturated heterocycles. The number of methoxy groups -OCH3 is 1. The molecule has 4 rings (SSSR count). The predicted molar refractivity (Wildman–Crippen MR) is 134 cm³/mol. The summed E-state index contributed by atoms with van der Waals surface area (Å²) in [6, 6.07) is 17.1. The third kappa shape index (κ3) is 6.08. The number of carbonyl (C=O) groups is 2. The molecule has 0 unspecified atom stereocenters. The molecule has 10 heteroatoms. The van der Waals surface area contributed by atoms with Crippen molar-refractivity contribution >= 4 is 23.3 Å².